The molecule has 0 bridgehead atoms. The normalized spacial score (nSPS) is 10.8. The summed E-state index contributed by atoms with van der Waals surface area (Å²) in [6.45, 7) is 0.654. The van der Waals surface area contributed by atoms with Gasteiger partial charge in [-0.15, -0.1) is 0 Å². The lowest BCUT2D eigenvalue weighted by molar-refractivity contribution is 0.558. The van der Waals surface area contributed by atoms with Gasteiger partial charge in [0.2, 0.25) is 0 Å². The van der Waals surface area contributed by atoms with Crippen molar-refractivity contribution in [1.29, 1.82) is 0 Å². The number of hydrogen-bond acceptors (Lipinski definition) is 2. The van der Waals surface area contributed by atoms with E-state index in [4.69, 9.17) is 10.3 Å². The van der Waals surface area contributed by atoms with Gasteiger partial charge in [-0.25, -0.2) is 0 Å². The highest BCUT2D eigenvalue weighted by molar-refractivity contribution is 6.25. The highest BCUT2D eigenvalue weighted by atomic mass is 28.2. The minimum absolute atomic E-state index is 0.654. The average Bonchev–Trinajstić information content (AvgIpc) is 2.31. The molecule has 0 aliphatic rings. The topological polar surface area (TPSA) is 69.0 Å². The summed E-state index contributed by atoms with van der Waals surface area (Å²) >= 11 is 0. The van der Waals surface area contributed by atoms with E-state index >= 15 is 0 Å². The van der Waals surface area contributed by atoms with Crippen LogP contribution in [0.5, 0.6) is 0 Å². The molecule has 0 aromatic heterocycles. The molecule has 0 saturated carbocycles. The third-order valence-corrected chi connectivity index (χ3v) is 3.55. The maximum absolute atomic E-state index is 8.74. The monoisotopic (exact) mass is 243 g/mol. The van der Waals surface area contributed by atoms with Crippen molar-refractivity contribution in [3.05, 3.63) is 10.4 Å². The van der Waals surface area contributed by atoms with E-state index in [0.29, 0.717) is 6.54 Å². The van der Waals surface area contributed by atoms with Crippen LogP contribution in [-0.2, 0) is 0 Å². The third-order valence-electron chi connectivity index (χ3n) is 2.73. The molecule has 0 aromatic rings. The van der Waals surface area contributed by atoms with Gasteiger partial charge in [0.05, 0.1) is 0 Å². The third kappa shape index (κ3) is 13.5. The van der Waals surface area contributed by atoms with Gasteiger partial charge in [-0.3, -0.25) is 0 Å². The van der Waals surface area contributed by atoms with Crippen LogP contribution in [0.4, 0.5) is 0 Å². The van der Waals surface area contributed by atoms with Crippen LogP contribution in [0.2, 0.25) is 6.04 Å². The van der Waals surface area contributed by atoms with Crippen molar-refractivity contribution in [2.75, 3.05) is 6.54 Å². The summed E-state index contributed by atoms with van der Waals surface area (Å²) in [5, 5.41) is 3.51. The van der Waals surface area contributed by atoms with Gasteiger partial charge in [0, 0.05) is 11.5 Å². The first-order valence-corrected chi connectivity index (χ1v) is 8.16. The van der Waals surface area contributed by atoms with E-state index in [-0.39, 0.29) is 0 Å². The van der Waals surface area contributed by atoms with Gasteiger partial charge in [-0.1, -0.05) is 56.5 Å². The molecule has 0 fully saturated rings. The van der Waals surface area contributed by atoms with E-state index in [2.05, 4.69) is 10.0 Å². The predicted molar refractivity (Wildman–Crippen MR) is 71.1 cm³/mol. The smallest absolute Gasteiger partial charge is 0.156 e. The second kappa shape index (κ2) is 14.5. The van der Waals surface area contributed by atoms with E-state index < -0.39 is 9.76 Å². The lowest BCUT2D eigenvalue weighted by Crippen LogP contribution is -1.86. The molecule has 0 aliphatic carbocycles. The summed E-state index contributed by atoms with van der Waals surface area (Å²) in [6, 6.07) is 1.10. The van der Waals surface area contributed by atoms with E-state index in [1.54, 1.807) is 0 Å². The fourth-order valence-electron chi connectivity index (χ4n) is 1.75. The number of azide groups is 1. The number of unbranched alkanes of at least 4 members (excludes halogenated alkanes) is 8. The summed E-state index contributed by atoms with van der Waals surface area (Å²) < 4.78 is 0. The van der Waals surface area contributed by atoms with Crippen molar-refractivity contribution in [2.45, 2.75) is 63.8 Å². The van der Waals surface area contributed by atoms with Gasteiger partial charge in [0.1, 0.15) is 0 Å². The molecule has 0 heterocycles. The van der Waals surface area contributed by atoms with E-state index in [0.717, 1.165) is 12.5 Å². The molecule has 4 nitrogen and oxygen atoms in total. The minimum atomic E-state index is -0.678. The summed E-state index contributed by atoms with van der Waals surface area (Å²) in [4.78, 5) is 11.5. The van der Waals surface area contributed by atoms with E-state index in [9.17, 15) is 0 Å². The van der Waals surface area contributed by atoms with Crippen LogP contribution in [-0.4, -0.2) is 21.1 Å². The Hall–Kier alpha value is -0.513. The van der Waals surface area contributed by atoms with Crippen LogP contribution in [0, 0.1) is 0 Å². The number of rotatable bonds is 12. The van der Waals surface area contributed by atoms with Crippen LogP contribution in [0.1, 0.15) is 57.8 Å². The van der Waals surface area contributed by atoms with E-state index in [1.807, 2.05) is 0 Å². The van der Waals surface area contributed by atoms with Crippen LogP contribution in [0.15, 0.2) is 5.11 Å². The Bertz CT molecular complexity index is 184. The molecule has 0 unspecified atom stereocenters. The zero-order chi connectivity index (χ0) is 11.9. The Labute approximate surface area is 101 Å². The van der Waals surface area contributed by atoms with Crippen LogP contribution in [0.25, 0.3) is 10.4 Å². The average molecular weight is 243 g/mol. The molecule has 0 saturated heterocycles. The van der Waals surface area contributed by atoms with Gasteiger partial charge in [0.15, 0.2) is 9.76 Å². The molecule has 0 atom stereocenters. The molecule has 0 rings (SSSR count). The van der Waals surface area contributed by atoms with Crippen molar-refractivity contribution in [3.8, 4) is 0 Å². The zero-order valence-corrected chi connectivity index (χ0v) is 11.7. The Morgan fingerprint density at radius 1 is 0.875 bits per heavy atom. The molecule has 0 spiro atoms. The molecular weight excluding hydrogens is 218 g/mol. The van der Waals surface area contributed by atoms with Crippen molar-refractivity contribution in [1.82, 2.24) is 0 Å². The highest BCUT2D eigenvalue weighted by Gasteiger charge is 1.92. The molecule has 16 heavy (non-hydrogen) atoms. The van der Waals surface area contributed by atoms with Gasteiger partial charge in [-0.05, 0) is 18.0 Å². The van der Waals surface area contributed by atoms with Crippen LogP contribution >= 0.6 is 0 Å². The summed E-state index contributed by atoms with van der Waals surface area (Å²) in [7, 11) is -0.678. The van der Waals surface area contributed by atoms with E-state index in [1.165, 1.54) is 51.4 Å². The van der Waals surface area contributed by atoms with Gasteiger partial charge >= 0.3 is 0 Å². The lowest BCUT2D eigenvalue weighted by atomic mass is 10.1. The van der Waals surface area contributed by atoms with Crippen molar-refractivity contribution < 1.29 is 4.80 Å². The fraction of sp³-hybridized carbons (Fsp3) is 1.00. The van der Waals surface area contributed by atoms with Gasteiger partial charge in [0.25, 0.3) is 0 Å². The summed E-state index contributed by atoms with van der Waals surface area (Å²) in [6.07, 6.45) is 11.3. The largest absolute Gasteiger partial charge is 0.438 e. The van der Waals surface area contributed by atoms with Crippen molar-refractivity contribution >= 4 is 9.76 Å². The maximum atomic E-state index is 8.74. The Kier molecular flexibility index (Phi) is 14.0. The quantitative estimate of drug-likeness (QED) is 0.184. The summed E-state index contributed by atoms with van der Waals surface area (Å²) in [5.41, 5.74) is 8.07. The molecule has 0 aliphatic heterocycles. The molecule has 0 aromatic carbocycles. The first kappa shape index (κ1) is 15.5. The number of hydrogen-bond donors (Lipinski definition) is 1. The SMILES string of the molecule is [N-]=[N+]=NCCCCCCCCCCC[SiH2]O. The molecule has 0 radical (unpaired) electrons. The van der Waals surface area contributed by atoms with Crippen molar-refractivity contribution in [2.24, 2.45) is 5.11 Å². The first-order chi connectivity index (χ1) is 7.91. The standard InChI is InChI=1S/C11H25N3OSi/c12-14-13-10-8-6-4-2-1-3-5-7-9-11-16-15/h15H,1-11,16H2. The predicted octanol–water partition coefficient (Wildman–Crippen LogP) is 3.30. The number of nitrogens with zero attached hydrogens (tertiary/aromatic N) is 3. The Morgan fingerprint density at radius 3 is 1.88 bits per heavy atom. The van der Waals surface area contributed by atoms with Crippen molar-refractivity contribution in [3.63, 3.8) is 0 Å². The second-order valence-corrected chi connectivity index (χ2v) is 5.37. The molecule has 94 valence electrons. The van der Waals surface area contributed by atoms with Gasteiger partial charge < -0.3 is 4.80 Å². The molecule has 5 heteroatoms. The van der Waals surface area contributed by atoms with Crippen LogP contribution < -0.4 is 0 Å². The Balaban J connectivity index is 2.90. The molecular formula is C11H25N3OSi. The zero-order valence-electron chi connectivity index (χ0n) is 10.3. The van der Waals surface area contributed by atoms with Crippen LogP contribution in [0.3, 0.4) is 0 Å². The second-order valence-electron chi connectivity index (χ2n) is 4.21. The Morgan fingerprint density at radius 2 is 1.38 bits per heavy atom. The lowest BCUT2D eigenvalue weighted by Gasteiger charge is -2.01. The summed E-state index contributed by atoms with van der Waals surface area (Å²) in [5.74, 6) is 0. The first-order valence-electron chi connectivity index (χ1n) is 6.53. The minimum Gasteiger partial charge on any atom is -0.438 e. The van der Waals surface area contributed by atoms with Gasteiger partial charge in [-0.2, -0.15) is 0 Å². The highest BCUT2D eigenvalue weighted by Crippen LogP contribution is 2.10. The fourth-order valence-corrected chi connectivity index (χ4v) is 2.33. The molecule has 0 amide bonds. The molecule has 1 N–H and O–H groups in total. The maximum Gasteiger partial charge on any atom is 0.156 e.